The van der Waals surface area contributed by atoms with E-state index < -0.39 is 8.07 Å². The van der Waals surface area contributed by atoms with Crippen LogP contribution in [0.1, 0.15) is 22.3 Å². The highest BCUT2D eigenvalue weighted by molar-refractivity contribution is 7.11. The van der Waals surface area contributed by atoms with E-state index in [1.807, 2.05) is 0 Å². The van der Waals surface area contributed by atoms with Crippen LogP contribution in [-0.4, -0.2) is 8.07 Å². The zero-order chi connectivity index (χ0) is 21.0. The van der Waals surface area contributed by atoms with E-state index in [9.17, 15) is 0 Å². The molecule has 0 atom stereocenters. The lowest BCUT2D eigenvalue weighted by atomic mass is 10.2. The predicted molar refractivity (Wildman–Crippen MR) is 133 cm³/mol. The Kier molecular flexibility index (Phi) is 6.01. The van der Waals surface area contributed by atoms with E-state index in [0.29, 0.717) is 0 Å². The van der Waals surface area contributed by atoms with E-state index >= 15 is 0 Å². The van der Waals surface area contributed by atoms with Gasteiger partial charge < -0.3 is 0 Å². The minimum Gasteiger partial charge on any atom is -0.0622 e. The number of hydrogen-bond acceptors (Lipinski definition) is 0. The molecule has 30 heavy (non-hydrogen) atoms. The Bertz CT molecular complexity index is 965. The van der Waals surface area contributed by atoms with Gasteiger partial charge in [-0.25, -0.2) is 0 Å². The summed E-state index contributed by atoms with van der Waals surface area (Å²) in [4.78, 5) is 0. The zero-order valence-electron chi connectivity index (χ0n) is 18.2. The molecule has 0 fully saturated rings. The van der Waals surface area contributed by atoms with Crippen LogP contribution < -0.4 is 15.6 Å². The first-order valence-electron chi connectivity index (χ1n) is 10.8. The Hall–Kier alpha value is -2.90. The first-order chi connectivity index (χ1) is 14.6. The van der Waals surface area contributed by atoms with Gasteiger partial charge in [0.1, 0.15) is 8.07 Å². The summed E-state index contributed by atoms with van der Waals surface area (Å²) < 4.78 is 0. The van der Waals surface area contributed by atoms with E-state index in [0.717, 1.165) is 12.5 Å². The van der Waals surface area contributed by atoms with Crippen molar-refractivity contribution in [3.05, 3.63) is 125 Å². The molecule has 4 rings (SSSR count). The fourth-order valence-electron chi connectivity index (χ4n) is 4.42. The van der Waals surface area contributed by atoms with Crippen LogP contribution in [0.5, 0.6) is 0 Å². The lowest BCUT2D eigenvalue weighted by Gasteiger charge is -2.34. The molecule has 0 N–H and O–H groups in total. The molecule has 4 aromatic rings. The molecule has 150 valence electrons. The van der Waals surface area contributed by atoms with Crippen molar-refractivity contribution in [1.29, 1.82) is 0 Å². The SMILES string of the molecule is Cc1ccc([Si](CCc2ccccc2)(c2ccc(C)cc2)c2ccc(C)cc2)cc1. The molecule has 0 aromatic heterocycles. The molecule has 0 spiro atoms. The highest BCUT2D eigenvalue weighted by atomic mass is 28.3. The first-order valence-corrected chi connectivity index (χ1v) is 13.0. The van der Waals surface area contributed by atoms with E-state index in [2.05, 4.69) is 124 Å². The molecule has 0 saturated heterocycles. The molecule has 0 saturated carbocycles. The van der Waals surface area contributed by atoms with Crippen LogP contribution in [0.2, 0.25) is 6.04 Å². The van der Waals surface area contributed by atoms with Crippen molar-refractivity contribution in [2.75, 3.05) is 0 Å². The van der Waals surface area contributed by atoms with Crippen LogP contribution in [0.3, 0.4) is 0 Å². The van der Waals surface area contributed by atoms with Crippen molar-refractivity contribution in [3.8, 4) is 0 Å². The topological polar surface area (TPSA) is 0 Å². The minimum atomic E-state index is -2.18. The molecular weight excluding hydrogens is 376 g/mol. The number of rotatable bonds is 6. The lowest BCUT2D eigenvalue weighted by molar-refractivity contribution is 1.11. The third-order valence-electron chi connectivity index (χ3n) is 6.26. The summed E-state index contributed by atoms with van der Waals surface area (Å²) in [7, 11) is -2.18. The fourth-order valence-corrected chi connectivity index (χ4v) is 9.16. The van der Waals surface area contributed by atoms with Crippen molar-refractivity contribution in [1.82, 2.24) is 0 Å². The van der Waals surface area contributed by atoms with Crippen molar-refractivity contribution in [3.63, 3.8) is 0 Å². The second kappa shape index (κ2) is 8.85. The summed E-state index contributed by atoms with van der Waals surface area (Å²) in [6.45, 7) is 6.53. The Labute approximate surface area is 182 Å². The number of aryl methyl sites for hydroxylation is 4. The average molecular weight is 407 g/mol. The third-order valence-corrected chi connectivity index (χ3v) is 11.2. The largest absolute Gasteiger partial charge is 0.148 e. The smallest absolute Gasteiger partial charge is 0.0622 e. The summed E-state index contributed by atoms with van der Waals surface area (Å²) in [5, 5.41) is 4.49. The number of hydrogen-bond donors (Lipinski definition) is 0. The van der Waals surface area contributed by atoms with Gasteiger partial charge in [-0.2, -0.15) is 0 Å². The van der Waals surface area contributed by atoms with Gasteiger partial charge in [0.15, 0.2) is 0 Å². The van der Waals surface area contributed by atoms with Gasteiger partial charge in [0.2, 0.25) is 0 Å². The summed E-state index contributed by atoms with van der Waals surface area (Å²) in [5.74, 6) is 0. The minimum absolute atomic E-state index is 1.09. The molecule has 0 bridgehead atoms. The standard InChI is InChI=1S/C29H30Si/c1-23-9-15-27(16-10-23)30(28-17-11-24(2)12-18-28,29-19-13-25(3)14-20-29)22-21-26-7-5-4-6-8-26/h4-20H,21-22H2,1-3H3. The van der Waals surface area contributed by atoms with Crippen molar-refractivity contribution < 1.29 is 0 Å². The Morgan fingerprint density at radius 3 is 1.20 bits per heavy atom. The summed E-state index contributed by atoms with van der Waals surface area (Å²) in [6.07, 6.45) is 1.09. The van der Waals surface area contributed by atoms with E-state index in [1.165, 1.54) is 37.8 Å². The summed E-state index contributed by atoms with van der Waals surface area (Å²) in [5.41, 5.74) is 5.37. The lowest BCUT2D eigenvalue weighted by Crippen LogP contribution is -2.67. The maximum atomic E-state index is 2.38. The zero-order valence-corrected chi connectivity index (χ0v) is 19.2. The van der Waals surface area contributed by atoms with E-state index in [1.54, 1.807) is 0 Å². The van der Waals surface area contributed by atoms with Gasteiger partial charge in [-0.15, -0.1) is 0 Å². The Morgan fingerprint density at radius 1 is 0.467 bits per heavy atom. The fraction of sp³-hybridized carbons (Fsp3) is 0.172. The van der Waals surface area contributed by atoms with E-state index in [4.69, 9.17) is 0 Å². The van der Waals surface area contributed by atoms with Crippen molar-refractivity contribution in [2.45, 2.75) is 33.2 Å². The second-order valence-corrected chi connectivity index (χ2v) is 12.5. The van der Waals surface area contributed by atoms with E-state index in [-0.39, 0.29) is 0 Å². The van der Waals surface area contributed by atoms with Gasteiger partial charge in [0, 0.05) is 0 Å². The molecule has 0 aliphatic rings. The van der Waals surface area contributed by atoms with Crippen LogP contribution in [-0.2, 0) is 6.42 Å². The molecule has 0 nitrogen and oxygen atoms in total. The molecule has 0 aliphatic carbocycles. The van der Waals surface area contributed by atoms with Gasteiger partial charge in [0.25, 0.3) is 0 Å². The monoisotopic (exact) mass is 406 g/mol. The third kappa shape index (κ3) is 4.17. The normalized spacial score (nSPS) is 11.4. The molecule has 0 amide bonds. The molecular formula is C29H30Si. The first kappa shape index (κ1) is 20.4. The van der Waals surface area contributed by atoms with Crippen molar-refractivity contribution in [2.24, 2.45) is 0 Å². The van der Waals surface area contributed by atoms with Crippen LogP contribution in [0.4, 0.5) is 0 Å². The van der Waals surface area contributed by atoms with Crippen LogP contribution in [0.15, 0.2) is 103 Å². The number of benzene rings is 4. The van der Waals surface area contributed by atoms with Gasteiger partial charge in [0.05, 0.1) is 0 Å². The van der Waals surface area contributed by atoms with Gasteiger partial charge in [-0.3, -0.25) is 0 Å². The maximum absolute atomic E-state index is 2.38. The van der Waals surface area contributed by atoms with Gasteiger partial charge >= 0.3 is 0 Å². The molecule has 0 unspecified atom stereocenters. The molecule has 1 heteroatoms. The van der Waals surface area contributed by atoms with Crippen LogP contribution in [0.25, 0.3) is 0 Å². The average Bonchev–Trinajstić information content (AvgIpc) is 2.78. The summed E-state index contributed by atoms with van der Waals surface area (Å²) >= 11 is 0. The molecule has 0 aliphatic heterocycles. The molecule has 4 aromatic carbocycles. The highest BCUT2D eigenvalue weighted by Gasteiger charge is 2.38. The quantitative estimate of drug-likeness (QED) is 0.300. The predicted octanol–water partition coefficient (Wildman–Crippen LogP) is 5.32. The highest BCUT2D eigenvalue weighted by Crippen LogP contribution is 2.18. The molecule has 0 radical (unpaired) electrons. The second-order valence-electron chi connectivity index (χ2n) is 8.49. The van der Waals surface area contributed by atoms with Crippen molar-refractivity contribution >= 4 is 23.6 Å². The Morgan fingerprint density at radius 2 is 0.833 bits per heavy atom. The maximum Gasteiger partial charge on any atom is 0.148 e. The Balaban J connectivity index is 1.92. The van der Waals surface area contributed by atoms with Gasteiger partial charge in [-0.05, 0) is 54.4 Å². The van der Waals surface area contributed by atoms with Crippen LogP contribution >= 0.6 is 0 Å². The van der Waals surface area contributed by atoms with Crippen LogP contribution in [0, 0.1) is 20.8 Å². The summed E-state index contributed by atoms with van der Waals surface area (Å²) in [6, 6.07) is 40.1. The molecule has 0 heterocycles. The van der Waals surface area contributed by atoms with Gasteiger partial charge in [-0.1, -0.05) is 120 Å².